The van der Waals surface area contributed by atoms with E-state index in [1.165, 1.54) is 0 Å². The summed E-state index contributed by atoms with van der Waals surface area (Å²) in [7, 11) is 0. The molecule has 2 N–H and O–H groups in total. The van der Waals surface area contributed by atoms with Crippen LogP contribution in [0.4, 0.5) is 0 Å². The molecule has 1 aliphatic rings. The first-order chi connectivity index (χ1) is 5.65. The first-order valence-corrected chi connectivity index (χ1v) is 4.34. The largest absolute Gasteiger partial charge is 0.361 e. The molecule has 1 unspecified atom stereocenters. The van der Waals surface area contributed by atoms with Crippen LogP contribution in [0.25, 0.3) is 0 Å². The Hall–Kier alpha value is -0.830. The average molecular weight is 166 g/mol. The molecule has 66 valence electrons. The number of aromatic nitrogens is 1. The summed E-state index contributed by atoms with van der Waals surface area (Å²) in [6.07, 6.45) is 2.30. The van der Waals surface area contributed by atoms with Crippen LogP contribution in [0.2, 0.25) is 0 Å². The molecule has 0 aliphatic heterocycles. The minimum absolute atomic E-state index is 0.137. The van der Waals surface area contributed by atoms with E-state index < -0.39 is 0 Å². The maximum Gasteiger partial charge on any atom is 0.133 e. The molecular weight excluding hydrogens is 152 g/mol. The molecule has 1 saturated carbocycles. The van der Waals surface area contributed by atoms with Crippen LogP contribution in [0.5, 0.6) is 0 Å². The van der Waals surface area contributed by atoms with Crippen molar-refractivity contribution >= 4 is 0 Å². The Balaban J connectivity index is 2.30. The predicted octanol–water partition coefficient (Wildman–Crippen LogP) is 1.36. The van der Waals surface area contributed by atoms with Gasteiger partial charge in [-0.25, -0.2) is 0 Å². The van der Waals surface area contributed by atoms with Crippen molar-refractivity contribution in [1.82, 2.24) is 5.16 Å². The molecule has 1 heterocycles. The summed E-state index contributed by atoms with van der Waals surface area (Å²) in [5.74, 6) is 0.872. The Morgan fingerprint density at radius 2 is 2.33 bits per heavy atom. The first kappa shape index (κ1) is 7.80. The van der Waals surface area contributed by atoms with Crippen molar-refractivity contribution in [3.63, 3.8) is 0 Å². The van der Waals surface area contributed by atoms with Crippen molar-refractivity contribution < 1.29 is 4.52 Å². The molecule has 2 rings (SSSR count). The third kappa shape index (κ3) is 0.966. The smallest absolute Gasteiger partial charge is 0.133 e. The maximum atomic E-state index is 5.89. The van der Waals surface area contributed by atoms with E-state index in [1.807, 2.05) is 19.9 Å². The molecule has 1 aliphatic carbocycles. The van der Waals surface area contributed by atoms with E-state index in [4.69, 9.17) is 10.3 Å². The van der Waals surface area contributed by atoms with Crippen molar-refractivity contribution in [2.75, 3.05) is 0 Å². The predicted molar refractivity (Wildman–Crippen MR) is 45.8 cm³/mol. The molecule has 1 aromatic heterocycles. The topological polar surface area (TPSA) is 52.0 Å². The second kappa shape index (κ2) is 2.33. The highest BCUT2D eigenvalue weighted by Gasteiger charge is 2.49. The number of hydrogen-bond donors (Lipinski definition) is 1. The zero-order chi connectivity index (χ0) is 8.77. The molecule has 1 aromatic rings. The standard InChI is InChI=1S/C9H14N2O/c1-6-5-8(11-12-6)9(3-4-9)7(2)10/h5,7H,3-4,10H2,1-2H3. The van der Waals surface area contributed by atoms with Gasteiger partial charge in [-0.15, -0.1) is 0 Å². The minimum atomic E-state index is 0.137. The Kier molecular flexibility index (Phi) is 1.51. The second-order valence-corrected chi connectivity index (χ2v) is 3.77. The minimum Gasteiger partial charge on any atom is -0.361 e. The third-order valence-corrected chi connectivity index (χ3v) is 2.80. The molecule has 3 nitrogen and oxygen atoms in total. The van der Waals surface area contributed by atoms with Crippen LogP contribution in [-0.2, 0) is 5.41 Å². The molecule has 0 radical (unpaired) electrons. The van der Waals surface area contributed by atoms with Gasteiger partial charge in [-0.05, 0) is 26.7 Å². The molecule has 0 bridgehead atoms. The highest BCUT2D eigenvalue weighted by Crippen LogP contribution is 2.49. The summed E-state index contributed by atoms with van der Waals surface area (Å²) in [6.45, 7) is 3.95. The van der Waals surface area contributed by atoms with Gasteiger partial charge in [-0.2, -0.15) is 0 Å². The van der Waals surface area contributed by atoms with Crippen molar-refractivity contribution in [2.24, 2.45) is 5.73 Å². The lowest BCUT2D eigenvalue weighted by Crippen LogP contribution is -2.31. The van der Waals surface area contributed by atoms with Gasteiger partial charge in [-0.1, -0.05) is 5.16 Å². The first-order valence-electron chi connectivity index (χ1n) is 4.34. The average Bonchev–Trinajstić information content (AvgIpc) is 2.71. The molecule has 0 spiro atoms. The summed E-state index contributed by atoms with van der Waals surface area (Å²) in [4.78, 5) is 0. The zero-order valence-electron chi connectivity index (χ0n) is 7.50. The van der Waals surface area contributed by atoms with Gasteiger partial charge < -0.3 is 10.3 Å². The van der Waals surface area contributed by atoms with Gasteiger partial charge in [0, 0.05) is 17.5 Å². The van der Waals surface area contributed by atoms with Crippen LogP contribution in [0.1, 0.15) is 31.2 Å². The van der Waals surface area contributed by atoms with Gasteiger partial charge in [0.1, 0.15) is 5.76 Å². The van der Waals surface area contributed by atoms with Gasteiger partial charge in [-0.3, -0.25) is 0 Å². The summed E-state index contributed by atoms with van der Waals surface area (Å²) in [6, 6.07) is 2.18. The zero-order valence-corrected chi connectivity index (χ0v) is 7.50. The van der Waals surface area contributed by atoms with Gasteiger partial charge in [0.2, 0.25) is 0 Å². The Morgan fingerprint density at radius 3 is 2.67 bits per heavy atom. The van der Waals surface area contributed by atoms with Crippen molar-refractivity contribution in [2.45, 2.75) is 38.1 Å². The van der Waals surface area contributed by atoms with Crippen molar-refractivity contribution in [3.8, 4) is 0 Å². The van der Waals surface area contributed by atoms with Crippen molar-refractivity contribution in [3.05, 3.63) is 17.5 Å². The van der Waals surface area contributed by atoms with E-state index in [2.05, 4.69) is 5.16 Å². The van der Waals surface area contributed by atoms with Crippen LogP contribution < -0.4 is 5.73 Å². The highest BCUT2D eigenvalue weighted by atomic mass is 16.5. The Morgan fingerprint density at radius 1 is 1.67 bits per heavy atom. The Bertz CT molecular complexity index is 286. The lowest BCUT2D eigenvalue weighted by molar-refractivity contribution is 0.377. The van der Waals surface area contributed by atoms with Gasteiger partial charge in [0.15, 0.2) is 0 Å². The molecular formula is C9H14N2O. The number of nitrogens with zero attached hydrogens (tertiary/aromatic N) is 1. The van der Waals surface area contributed by atoms with E-state index in [0.29, 0.717) is 0 Å². The number of hydrogen-bond acceptors (Lipinski definition) is 3. The number of aryl methyl sites for hydroxylation is 1. The molecule has 0 amide bonds. The monoisotopic (exact) mass is 166 g/mol. The van der Waals surface area contributed by atoms with E-state index >= 15 is 0 Å². The third-order valence-electron chi connectivity index (χ3n) is 2.80. The fourth-order valence-electron chi connectivity index (χ4n) is 1.68. The van der Waals surface area contributed by atoms with E-state index in [0.717, 1.165) is 24.3 Å². The van der Waals surface area contributed by atoms with Gasteiger partial charge in [0.05, 0.1) is 5.69 Å². The van der Waals surface area contributed by atoms with Crippen molar-refractivity contribution in [1.29, 1.82) is 0 Å². The van der Waals surface area contributed by atoms with E-state index in [-0.39, 0.29) is 11.5 Å². The molecule has 1 fully saturated rings. The fraction of sp³-hybridized carbons (Fsp3) is 0.667. The number of rotatable bonds is 2. The normalized spacial score (nSPS) is 22.2. The van der Waals surface area contributed by atoms with Crippen LogP contribution >= 0.6 is 0 Å². The lowest BCUT2D eigenvalue weighted by atomic mass is 9.94. The SMILES string of the molecule is Cc1cc(C2(C(C)N)CC2)no1. The summed E-state index contributed by atoms with van der Waals surface area (Å²) >= 11 is 0. The second-order valence-electron chi connectivity index (χ2n) is 3.77. The van der Waals surface area contributed by atoms with Crippen LogP contribution in [0, 0.1) is 6.92 Å². The van der Waals surface area contributed by atoms with Crippen LogP contribution in [-0.4, -0.2) is 11.2 Å². The maximum absolute atomic E-state index is 5.89. The fourth-order valence-corrected chi connectivity index (χ4v) is 1.68. The molecule has 3 heteroatoms. The van der Waals surface area contributed by atoms with Crippen LogP contribution in [0.15, 0.2) is 10.6 Å². The molecule has 12 heavy (non-hydrogen) atoms. The molecule has 0 saturated heterocycles. The molecule has 1 atom stereocenters. The van der Waals surface area contributed by atoms with E-state index in [9.17, 15) is 0 Å². The lowest BCUT2D eigenvalue weighted by Gasteiger charge is -2.15. The molecule has 0 aromatic carbocycles. The summed E-state index contributed by atoms with van der Waals surface area (Å²) in [5, 5.41) is 4.02. The quantitative estimate of drug-likeness (QED) is 0.721. The summed E-state index contributed by atoms with van der Waals surface area (Å²) in [5.41, 5.74) is 7.07. The van der Waals surface area contributed by atoms with Gasteiger partial charge >= 0.3 is 0 Å². The van der Waals surface area contributed by atoms with E-state index in [1.54, 1.807) is 0 Å². The summed E-state index contributed by atoms with van der Waals surface area (Å²) < 4.78 is 5.04. The highest BCUT2D eigenvalue weighted by molar-refractivity contribution is 5.27. The Labute approximate surface area is 71.9 Å². The number of nitrogens with two attached hydrogens (primary N) is 1. The van der Waals surface area contributed by atoms with Crippen LogP contribution in [0.3, 0.4) is 0 Å². The van der Waals surface area contributed by atoms with Gasteiger partial charge in [0.25, 0.3) is 0 Å².